The van der Waals surface area contributed by atoms with Gasteiger partial charge in [0.1, 0.15) is 29.4 Å². The number of ether oxygens (including phenoxy) is 2. The number of hydrogen-bond acceptors (Lipinski definition) is 13. The van der Waals surface area contributed by atoms with Crippen LogP contribution in [0.1, 0.15) is 61.6 Å². The lowest BCUT2D eigenvalue weighted by Crippen LogP contribution is -2.71. The number of nitrogens with one attached hydrogen (secondary N) is 1. The maximum absolute atomic E-state index is 14.5. The average molecular weight is 897 g/mol. The van der Waals surface area contributed by atoms with Gasteiger partial charge in [-0.1, -0.05) is 141 Å². The Morgan fingerprint density at radius 2 is 1.59 bits per heavy atom. The Labute approximate surface area is 380 Å². The number of oxime groups is 1. The Morgan fingerprint density at radius 1 is 0.938 bits per heavy atom. The van der Waals surface area contributed by atoms with Crippen LogP contribution in [0, 0.1) is 5.92 Å². The third-order valence-electron chi connectivity index (χ3n) is 10.4. The lowest BCUT2D eigenvalue weighted by atomic mass is 9.80. The van der Waals surface area contributed by atoms with E-state index >= 15 is 0 Å². The minimum absolute atomic E-state index is 0.00581. The van der Waals surface area contributed by atoms with Crippen molar-refractivity contribution in [2.45, 2.75) is 50.6 Å². The molecule has 4 heterocycles. The minimum atomic E-state index is -1.32. The number of rotatable bonds is 18. The van der Waals surface area contributed by atoms with Crippen LogP contribution in [0.4, 0.5) is 5.13 Å². The summed E-state index contributed by atoms with van der Waals surface area (Å²) in [5, 5.41) is 8.54. The van der Waals surface area contributed by atoms with Crippen molar-refractivity contribution >= 4 is 63.8 Å². The van der Waals surface area contributed by atoms with E-state index in [1.807, 2.05) is 118 Å². The first-order chi connectivity index (χ1) is 31.1. The Balaban J connectivity index is 1.18. The summed E-state index contributed by atoms with van der Waals surface area (Å²) in [6, 6.07) is 31.2. The minimum Gasteiger partial charge on any atom is -0.462 e. The van der Waals surface area contributed by atoms with Crippen LogP contribution < -0.4 is 11.1 Å². The molecule has 2 aromatic heterocycles. The number of anilines is 1. The molecule has 0 unspecified atom stereocenters. The zero-order valence-electron chi connectivity index (χ0n) is 35.6. The van der Waals surface area contributed by atoms with Crippen LogP contribution in [0.25, 0.3) is 6.08 Å². The fourth-order valence-corrected chi connectivity index (χ4v) is 9.04. The zero-order chi connectivity index (χ0) is 45.1. The van der Waals surface area contributed by atoms with E-state index in [1.165, 1.54) is 16.7 Å². The molecule has 13 nitrogen and oxygen atoms in total. The van der Waals surface area contributed by atoms with Gasteiger partial charge in [-0.2, -0.15) is 0 Å². The number of hydrogen-bond donors (Lipinski definition) is 2. The Bertz CT molecular complexity index is 2470. The maximum atomic E-state index is 14.5. The van der Waals surface area contributed by atoms with Gasteiger partial charge in [-0.15, -0.1) is 23.1 Å². The van der Waals surface area contributed by atoms with Gasteiger partial charge < -0.3 is 25.4 Å². The molecule has 0 spiro atoms. The van der Waals surface area contributed by atoms with E-state index in [0.717, 1.165) is 33.6 Å². The van der Waals surface area contributed by atoms with E-state index in [4.69, 9.17) is 20.0 Å². The number of allylic oxidation sites excluding steroid dienone is 2. The quantitative estimate of drug-likeness (QED) is 0.0221. The van der Waals surface area contributed by atoms with Crippen molar-refractivity contribution in [1.29, 1.82) is 0 Å². The fraction of sp³-hybridized carbons (Fsp3) is 0.245. The SMILES string of the molecule is CC/C=C(\COC(=O)C1=C(/C=C\c2cccnc2)CS[C@@H]2[C@H](NC(=O)C(=NOC(c3ccccc3)(c3ccccc3)c3ccccc3)c3csc(N)n3)C(=O)N12)C(=O)OCCC(C)C. The van der Waals surface area contributed by atoms with Gasteiger partial charge in [-0.25, -0.2) is 14.6 Å². The van der Waals surface area contributed by atoms with Crippen molar-refractivity contribution < 1.29 is 33.5 Å². The van der Waals surface area contributed by atoms with Crippen molar-refractivity contribution in [2.24, 2.45) is 11.1 Å². The first-order valence-electron chi connectivity index (χ1n) is 20.8. The molecule has 0 saturated carbocycles. The van der Waals surface area contributed by atoms with Crippen LogP contribution in [0.3, 0.4) is 0 Å². The van der Waals surface area contributed by atoms with Crippen molar-refractivity contribution in [3.8, 4) is 0 Å². The molecule has 328 valence electrons. The summed E-state index contributed by atoms with van der Waals surface area (Å²) in [4.78, 5) is 72.4. The molecular weight excluding hydrogens is 849 g/mol. The topological polar surface area (TPSA) is 175 Å². The number of aromatic nitrogens is 2. The second-order valence-corrected chi connectivity index (χ2v) is 17.3. The van der Waals surface area contributed by atoms with Crippen LogP contribution in [0.5, 0.6) is 0 Å². The molecule has 1 saturated heterocycles. The molecule has 1 fully saturated rings. The number of pyridine rings is 1. The number of carbonyl (C=O) groups is 4. The summed E-state index contributed by atoms with van der Waals surface area (Å²) in [5.74, 6) is -2.04. The highest BCUT2D eigenvalue weighted by Crippen LogP contribution is 2.43. The molecule has 3 aromatic carbocycles. The van der Waals surface area contributed by atoms with E-state index in [9.17, 15) is 19.2 Å². The molecule has 2 amide bonds. The summed E-state index contributed by atoms with van der Waals surface area (Å²) in [6.07, 6.45) is 9.71. The summed E-state index contributed by atoms with van der Waals surface area (Å²) in [5.41, 5.74) is 8.43. The molecule has 0 bridgehead atoms. The van der Waals surface area contributed by atoms with Gasteiger partial charge >= 0.3 is 11.9 Å². The Kier molecular flexibility index (Phi) is 14.8. The Morgan fingerprint density at radius 3 is 2.16 bits per heavy atom. The monoisotopic (exact) mass is 896 g/mol. The molecule has 0 radical (unpaired) electrons. The number of amides is 2. The maximum Gasteiger partial charge on any atom is 0.355 e. The number of nitrogens with two attached hydrogens (primary N) is 1. The largest absolute Gasteiger partial charge is 0.462 e. The van der Waals surface area contributed by atoms with E-state index in [-0.39, 0.29) is 46.8 Å². The predicted molar refractivity (Wildman–Crippen MR) is 248 cm³/mol. The second kappa shape index (κ2) is 21.0. The lowest BCUT2D eigenvalue weighted by Gasteiger charge is -2.49. The average Bonchev–Trinajstić information content (AvgIpc) is 3.76. The number of nitrogen functional groups attached to an aromatic ring is 1. The van der Waals surface area contributed by atoms with Crippen molar-refractivity contribution in [2.75, 3.05) is 24.7 Å². The summed E-state index contributed by atoms with van der Waals surface area (Å²) in [6.45, 7) is 5.80. The van der Waals surface area contributed by atoms with Gasteiger partial charge in [0.05, 0.1) is 12.2 Å². The van der Waals surface area contributed by atoms with E-state index in [0.29, 0.717) is 24.3 Å². The van der Waals surface area contributed by atoms with Crippen LogP contribution >= 0.6 is 23.1 Å². The lowest BCUT2D eigenvalue weighted by molar-refractivity contribution is -0.152. The first kappa shape index (κ1) is 45.2. The molecule has 15 heteroatoms. The van der Waals surface area contributed by atoms with Gasteiger partial charge in [0.2, 0.25) is 5.60 Å². The third kappa shape index (κ3) is 10.2. The van der Waals surface area contributed by atoms with E-state index < -0.39 is 40.8 Å². The molecule has 2 atom stereocenters. The summed E-state index contributed by atoms with van der Waals surface area (Å²) < 4.78 is 11.2. The highest BCUT2D eigenvalue weighted by molar-refractivity contribution is 8.00. The number of carbonyl (C=O) groups excluding carboxylic acids is 4. The molecule has 64 heavy (non-hydrogen) atoms. The first-order valence-corrected chi connectivity index (χ1v) is 22.8. The number of esters is 2. The number of thiazole rings is 1. The van der Waals surface area contributed by atoms with E-state index in [1.54, 1.807) is 42.1 Å². The van der Waals surface area contributed by atoms with Crippen LogP contribution in [-0.2, 0) is 39.1 Å². The zero-order valence-corrected chi connectivity index (χ0v) is 37.2. The smallest absolute Gasteiger partial charge is 0.355 e. The molecule has 2 aliphatic rings. The van der Waals surface area contributed by atoms with Gasteiger partial charge in [-0.3, -0.25) is 19.5 Å². The third-order valence-corrected chi connectivity index (χ3v) is 12.4. The fourth-order valence-electron chi connectivity index (χ4n) is 7.17. The highest BCUT2D eigenvalue weighted by Gasteiger charge is 2.54. The van der Waals surface area contributed by atoms with Crippen molar-refractivity contribution in [1.82, 2.24) is 20.2 Å². The van der Waals surface area contributed by atoms with Crippen LogP contribution in [0.15, 0.2) is 155 Å². The molecule has 0 aliphatic carbocycles. The Hall–Kier alpha value is -6.84. The van der Waals surface area contributed by atoms with Crippen molar-refractivity contribution in [3.05, 3.63) is 178 Å². The summed E-state index contributed by atoms with van der Waals surface area (Å²) in [7, 11) is 0. The number of thioether (sulfide) groups is 1. The highest BCUT2D eigenvalue weighted by atomic mass is 32.2. The second-order valence-electron chi connectivity index (χ2n) is 15.3. The number of benzene rings is 3. The van der Waals surface area contributed by atoms with Crippen LogP contribution in [0.2, 0.25) is 0 Å². The normalized spacial score (nSPS) is 16.6. The molecular formula is C49H48N6O7S2. The molecule has 5 aromatic rings. The van der Waals surface area contributed by atoms with E-state index in [2.05, 4.69) is 20.4 Å². The number of β-lactam (4-membered cyclic amide) rings is 1. The van der Waals surface area contributed by atoms with Crippen LogP contribution in [-0.4, -0.2) is 74.7 Å². The molecule has 3 N–H and O–H groups in total. The standard InChI is InChI=1S/C49H48N6O7S2/c1-4-15-34(46(58)60-27-25-32(2)3)29-61-47(59)42-35(24-23-33-16-14-26-51-28-33)30-63-45-41(44(57)55(42)45)53-43(56)40(39-31-64-48(50)52-39)54-62-49(36-17-8-5-9-18-36,37-19-10-6-11-20-37)38-21-12-7-13-22-38/h5-24,26,28,31-32,41,45H,4,25,27,29-30H2,1-3H3,(H2,50,52)(H,53,56)/b24-23-,34-15+,54-40?/t41-,45-/m1/s1. The molecule has 7 rings (SSSR count). The molecule has 2 aliphatic heterocycles. The van der Waals surface area contributed by atoms with Gasteiger partial charge in [-0.05, 0) is 36.0 Å². The van der Waals surface area contributed by atoms with Gasteiger partial charge in [0.25, 0.3) is 11.8 Å². The van der Waals surface area contributed by atoms with Gasteiger partial charge in [0, 0.05) is 40.2 Å². The number of nitrogens with zero attached hydrogens (tertiary/aromatic N) is 4. The summed E-state index contributed by atoms with van der Waals surface area (Å²) >= 11 is 2.49. The van der Waals surface area contributed by atoms with Crippen molar-refractivity contribution in [3.63, 3.8) is 0 Å². The number of fused-ring (bicyclic) bond motifs is 1. The van der Waals surface area contributed by atoms with Gasteiger partial charge in [0.15, 0.2) is 10.8 Å². The predicted octanol–water partition coefficient (Wildman–Crippen LogP) is 7.67.